The molecule has 1 atom stereocenters. The summed E-state index contributed by atoms with van der Waals surface area (Å²) in [6.45, 7) is 0.864. The predicted molar refractivity (Wildman–Crippen MR) is 57.3 cm³/mol. The van der Waals surface area contributed by atoms with Crippen molar-refractivity contribution in [1.29, 1.82) is 0 Å². The highest BCUT2D eigenvalue weighted by Gasteiger charge is 2.52. The lowest BCUT2D eigenvalue weighted by molar-refractivity contribution is -0.160. The van der Waals surface area contributed by atoms with Gasteiger partial charge in [0.05, 0.1) is 7.11 Å². The molecule has 1 nitrogen and oxygen atoms in total. The van der Waals surface area contributed by atoms with Gasteiger partial charge in [-0.25, -0.2) is 0 Å². The zero-order valence-electron chi connectivity index (χ0n) is 8.53. The molecule has 0 aromatic heterocycles. The minimum Gasteiger partial charge on any atom is -0.496 e. The molecule has 0 N–H and O–H groups in total. The third-order valence-corrected chi connectivity index (χ3v) is 2.85. The number of methoxy groups -OCH3 is 1. The molecule has 0 heterocycles. The van der Waals surface area contributed by atoms with E-state index in [9.17, 15) is 13.2 Å². The molecule has 1 aromatic carbocycles. The molecule has 1 rings (SSSR count). The van der Waals surface area contributed by atoms with Crippen LogP contribution in [-0.2, 0) is 4.87 Å². The van der Waals surface area contributed by atoms with Crippen LogP contribution in [0, 0.1) is 0 Å². The van der Waals surface area contributed by atoms with Crippen molar-refractivity contribution in [2.24, 2.45) is 0 Å². The number of hydrogen-bond acceptors (Lipinski definition) is 1. The lowest BCUT2D eigenvalue weighted by Gasteiger charge is -2.27. The van der Waals surface area contributed by atoms with Crippen LogP contribution in [0.25, 0.3) is 0 Å². The Balaban J connectivity index is 3.36. The Morgan fingerprint density at radius 2 is 1.81 bits per heavy atom. The van der Waals surface area contributed by atoms with Crippen LogP contribution >= 0.6 is 23.2 Å². The van der Waals surface area contributed by atoms with E-state index in [-0.39, 0.29) is 16.3 Å². The zero-order chi connectivity index (χ0) is 12.6. The first-order valence-corrected chi connectivity index (χ1v) is 5.05. The molecule has 0 bridgehead atoms. The van der Waals surface area contributed by atoms with E-state index in [2.05, 4.69) is 0 Å². The van der Waals surface area contributed by atoms with Crippen molar-refractivity contribution >= 4 is 23.2 Å². The van der Waals surface area contributed by atoms with Crippen molar-refractivity contribution in [1.82, 2.24) is 0 Å². The molecule has 0 spiro atoms. The van der Waals surface area contributed by atoms with Gasteiger partial charge in [-0.3, -0.25) is 0 Å². The summed E-state index contributed by atoms with van der Waals surface area (Å²) in [7, 11) is 1.27. The Labute approximate surface area is 101 Å². The maximum atomic E-state index is 12.7. The minimum atomic E-state index is -4.59. The predicted octanol–water partition coefficient (Wildman–Crippen LogP) is 4.36. The smallest absolute Gasteiger partial charge is 0.411 e. The second-order valence-corrected chi connectivity index (χ2v) is 4.54. The first-order valence-electron chi connectivity index (χ1n) is 4.30. The summed E-state index contributed by atoms with van der Waals surface area (Å²) in [5, 5.41) is 0.173. The van der Waals surface area contributed by atoms with Gasteiger partial charge < -0.3 is 4.74 Å². The lowest BCUT2D eigenvalue weighted by Crippen LogP contribution is -2.34. The fourth-order valence-corrected chi connectivity index (χ4v) is 1.52. The van der Waals surface area contributed by atoms with Crippen LogP contribution in [0.2, 0.25) is 5.02 Å². The molecule has 0 aliphatic carbocycles. The Hall–Kier alpha value is -0.610. The van der Waals surface area contributed by atoms with Gasteiger partial charge in [0.1, 0.15) is 5.75 Å². The molecular weight excluding hydrogens is 264 g/mol. The van der Waals surface area contributed by atoms with Gasteiger partial charge in [-0.1, -0.05) is 11.6 Å². The van der Waals surface area contributed by atoms with Crippen LogP contribution in [-0.4, -0.2) is 13.3 Å². The Kier molecular flexibility index (Phi) is 3.65. The molecule has 0 radical (unpaired) electrons. The number of halogens is 5. The van der Waals surface area contributed by atoms with Crippen LogP contribution in [0.15, 0.2) is 18.2 Å². The molecule has 0 saturated carbocycles. The Morgan fingerprint density at radius 3 is 2.25 bits per heavy atom. The maximum Gasteiger partial charge on any atom is 0.411 e. The van der Waals surface area contributed by atoms with Gasteiger partial charge in [-0.05, 0) is 25.1 Å². The van der Waals surface area contributed by atoms with Gasteiger partial charge >= 0.3 is 6.18 Å². The third-order valence-electron chi connectivity index (χ3n) is 2.20. The monoisotopic (exact) mass is 272 g/mol. The van der Waals surface area contributed by atoms with Crippen molar-refractivity contribution < 1.29 is 17.9 Å². The molecule has 0 saturated heterocycles. The average molecular weight is 273 g/mol. The highest BCUT2D eigenvalue weighted by atomic mass is 35.5. The second-order valence-electron chi connectivity index (χ2n) is 3.35. The van der Waals surface area contributed by atoms with E-state index in [0.717, 1.165) is 13.0 Å². The van der Waals surface area contributed by atoms with Crippen molar-refractivity contribution in [2.75, 3.05) is 7.11 Å². The van der Waals surface area contributed by atoms with Crippen LogP contribution in [0.1, 0.15) is 12.5 Å². The third kappa shape index (κ3) is 2.38. The van der Waals surface area contributed by atoms with Crippen LogP contribution in [0.5, 0.6) is 5.75 Å². The summed E-state index contributed by atoms with van der Waals surface area (Å²) in [5.41, 5.74) is -0.198. The average Bonchev–Trinajstić information content (AvgIpc) is 2.16. The molecule has 6 heteroatoms. The number of ether oxygens (including phenoxy) is 1. The Morgan fingerprint density at radius 1 is 1.25 bits per heavy atom. The highest BCUT2D eigenvalue weighted by Crippen LogP contribution is 2.47. The van der Waals surface area contributed by atoms with Gasteiger partial charge in [0.25, 0.3) is 0 Å². The van der Waals surface area contributed by atoms with Crippen LogP contribution < -0.4 is 4.74 Å². The fourth-order valence-electron chi connectivity index (χ4n) is 1.20. The molecule has 16 heavy (non-hydrogen) atoms. The van der Waals surface area contributed by atoms with Gasteiger partial charge in [0, 0.05) is 10.6 Å². The van der Waals surface area contributed by atoms with Crippen molar-refractivity contribution in [3.05, 3.63) is 28.8 Å². The van der Waals surface area contributed by atoms with E-state index in [1.54, 1.807) is 0 Å². The molecule has 0 aliphatic rings. The normalized spacial score (nSPS) is 15.7. The van der Waals surface area contributed by atoms with Crippen LogP contribution in [0.4, 0.5) is 13.2 Å². The molecule has 0 fully saturated rings. The summed E-state index contributed by atoms with van der Waals surface area (Å²) in [6.07, 6.45) is -4.59. The van der Waals surface area contributed by atoms with Crippen molar-refractivity contribution in [3.8, 4) is 5.75 Å². The summed E-state index contributed by atoms with van der Waals surface area (Å²) >= 11 is 11.2. The van der Waals surface area contributed by atoms with E-state index in [1.807, 2.05) is 0 Å². The molecule has 0 amide bonds. The minimum absolute atomic E-state index is 0.0548. The van der Waals surface area contributed by atoms with Gasteiger partial charge in [0.2, 0.25) is 0 Å². The first-order chi connectivity index (χ1) is 7.20. The highest BCUT2D eigenvalue weighted by molar-refractivity contribution is 6.31. The van der Waals surface area contributed by atoms with Crippen molar-refractivity contribution in [3.63, 3.8) is 0 Å². The fraction of sp³-hybridized carbons (Fsp3) is 0.400. The second kappa shape index (κ2) is 4.34. The van der Waals surface area contributed by atoms with E-state index in [1.165, 1.54) is 19.2 Å². The van der Waals surface area contributed by atoms with Gasteiger partial charge in [-0.2, -0.15) is 13.2 Å². The van der Waals surface area contributed by atoms with Gasteiger partial charge in [0.15, 0.2) is 4.87 Å². The van der Waals surface area contributed by atoms with E-state index < -0.39 is 11.1 Å². The van der Waals surface area contributed by atoms with Gasteiger partial charge in [-0.15, -0.1) is 11.6 Å². The number of benzene rings is 1. The maximum absolute atomic E-state index is 12.7. The largest absolute Gasteiger partial charge is 0.496 e. The molecule has 0 unspecified atom stereocenters. The topological polar surface area (TPSA) is 9.23 Å². The summed E-state index contributed by atoms with van der Waals surface area (Å²) in [4.78, 5) is -2.52. The molecular formula is C10H9Cl2F3O. The molecule has 90 valence electrons. The number of rotatable bonds is 2. The Bertz CT molecular complexity index is 388. The van der Waals surface area contributed by atoms with E-state index in [0.29, 0.717) is 0 Å². The molecule has 1 aromatic rings. The van der Waals surface area contributed by atoms with E-state index >= 15 is 0 Å². The number of alkyl halides is 4. The summed E-state index contributed by atoms with van der Waals surface area (Å²) in [6, 6.07) is 3.94. The summed E-state index contributed by atoms with van der Waals surface area (Å²) < 4.78 is 43.0. The lowest BCUT2D eigenvalue weighted by atomic mass is 9.98. The SMILES string of the molecule is COc1ccc(Cl)cc1[C@](C)(Cl)C(F)(F)F. The first kappa shape index (κ1) is 13.5. The quantitative estimate of drug-likeness (QED) is 0.727. The zero-order valence-corrected chi connectivity index (χ0v) is 10.0. The van der Waals surface area contributed by atoms with Crippen molar-refractivity contribution in [2.45, 2.75) is 18.0 Å². The van der Waals surface area contributed by atoms with E-state index in [4.69, 9.17) is 27.9 Å². The standard InChI is InChI=1S/C10H9Cl2F3O/c1-9(12,10(13,14)15)7-5-6(11)3-4-8(7)16-2/h3-5H,1-2H3/t9-/m0/s1. The number of hydrogen-bond donors (Lipinski definition) is 0. The van der Waals surface area contributed by atoms with Crippen LogP contribution in [0.3, 0.4) is 0 Å². The summed E-state index contributed by atoms with van der Waals surface area (Å²) in [5.74, 6) is 0.0548. The molecule has 0 aliphatic heterocycles.